The van der Waals surface area contributed by atoms with Crippen molar-refractivity contribution in [3.05, 3.63) is 42.0 Å². The van der Waals surface area contributed by atoms with Crippen LogP contribution in [0.3, 0.4) is 0 Å². The maximum Gasteiger partial charge on any atom is 0.288 e. The van der Waals surface area contributed by atoms with E-state index in [-0.39, 0.29) is 10.9 Å². The summed E-state index contributed by atoms with van der Waals surface area (Å²) in [5.74, 6) is -0.491. The second-order valence-corrected chi connectivity index (χ2v) is 7.11. The van der Waals surface area contributed by atoms with Crippen LogP contribution in [0.25, 0.3) is 11.2 Å². The highest BCUT2D eigenvalue weighted by atomic mass is 35.6. The van der Waals surface area contributed by atoms with E-state index in [1.807, 2.05) is 0 Å². The second kappa shape index (κ2) is 6.16. The van der Waals surface area contributed by atoms with Crippen LogP contribution in [-0.2, 0) is 0 Å². The normalized spacial score (nSPS) is 13.2. The Labute approximate surface area is 149 Å². The fourth-order valence-corrected chi connectivity index (χ4v) is 2.58. The van der Waals surface area contributed by atoms with E-state index < -0.39 is 15.9 Å². The summed E-state index contributed by atoms with van der Waals surface area (Å²) in [5, 5.41) is 2.71. The number of nitrogens with one attached hydrogen (secondary N) is 1. The Morgan fingerprint density at radius 2 is 2.09 bits per heavy atom. The number of imidazole rings is 1. The molecule has 0 aliphatic rings. The zero-order valence-corrected chi connectivity index (χ0v) is 14.1. The lowest BCUT2D eigenvalue weighted by atomic mass is 10.4. The van der Waals surface area contributed by atoms with Crippen molar-refractivity contribution in [2.24, 2.45) is 0 Å². The molecule has 1 N–H and O–H groups in total. The zero-order chi connectivity index (χ0) is 16.6. The monoisotopic (exact) mass is 393 g/mol. The smallest absolute Gasteiger partial charge is 0.288 e. The van der Waals surface area contributed by atoms with Crippen LogP contribution >= 0.6 is 46.4 Å². The minimum atomic E-state index is -1.88. The number of halogens is 4. The molecule has 0 unspecified atom stereocenters. The Kier molecular flexibility index (Phi) is 4.37. The van der Waals surface area contributed by atoms with Gasteiger partial charge in [-0.15, -0.1) is 0 Å². The highest BCUT2D eigenvalue weighted by Gasteiger charge is 2.37. The van der Waals surface area contributed by atoms with Crippen LogP contribution in [0.5, 0.6) is 0 Å². The molecule has 3 rings (SSSR count). The Morgan fingerprint density at radius 1 is 1.30 bits per heavy atom. The van der Waals surface area contributed by atoms with Gasteiger partial charge < -0.3 is 9.73 Å². The number of fused-ring (bicyclic) bond motifs is 1. The van der Waals surface area contributed by atoms with Crippen LogP contribution < -0.4 is 5.32 Å². The van der Waals surface area contributed by atoms with Gasteiger partial charge >= 0.3 is 0 Å². The number of nitrogens with zero attached hydrogens (tertiary/aromatic N) is 4. The minimum absolute atomic E-state index is 0.0707. The van der Waals surface area contributed by atoms with Crippen LogP contribution in [0, 0.1) is 0 Å². The van der Waals surface area contributed by atoms with Gasteiger partial charge in [-0.3, -0.25) is 9.36 Å². The van der Waals surface area contributed by atoms with E-state index in [1.165, 1.54) is 29.6 Å². The molecule has 0 radical (unpaired) electrons. The molecule has 3 heterocycles. The molecule has 0 aromatic carbocycles. The summed E-state index contributed by atoms with van der Waals surface area (Å²) in [6.07, 6.45) is 2.85. The summed E-state index contributed by atoms with van der Waals surface area (Å²) in [7, 11) is 0. The average Bonchev–Trinajstić information content (AvgIpc) is 3.13. The summed E-state index contributed by atoms with van der Waals surface area (Å²) in [4.78, 5) is 24.1. The quantitative estimate of drug-likeness (QED) is 0.543. The Balaban J connectivity index is 2.02. The molecule has 11 heteroatoms. The minimum Gasteiger partial charge on any atom is -0.459 e. The van der Waals surface area contributed by atoms with Crippen molar-refractivity contribution in [1.29, 1.82) is 0 Å². The summed E-state index contributed by atoms with van der Waals surface area (Å²) in [6.45, 7) is 0. The molecule has 0 saturated carbocycles. The molecule has 1 amide bonds. The Hall–Kier alpha value is -1.54. The Bertz CT molecular complexity index is 843. The zero-order valence-electron chi connectivity index (χ0n) is 11.1. The first-order valence-electron chi connectivity index (χ1n) is 6.12. The van der Waals surface area contributed by atoms with E-state index in [2.05, 4.69) is 20.3 Å². The fraction of sp³-hybridized carbons (Fsp3) is 0.167. The van der Waals surface area contributed by atoms with Gasteiger partial charge in [-0.1, -0.05) is 46.4 Å². The number of amides is 1. The summed E-state index contributed by atoms with van der Waals surface area (Å²) >= 11 is 23.9. The molecule has 7 nitrogen and oxygen atoms in total. The van der Waals surface area contributed by atoms with Crippen LogP contribution in [0.15, 0.2) is 35.5 Å². The second-order valence-electron chi connectivity index (χ2n) is 4.38. The lowest BCUT2D eigenvalue weighted by Crippen LogP contribution is -2.40. The molecule has 0 fully saturated rings. The van der Waals surface area contributed by atoms with Gasteiger partial charge in [-0.05, 0) is 12.1 Å². The number of aromatic nitrogens is 4. The van der Waals surface area contributed by atoms with E-state index in [4.69, 9.17) is 50.8 Å². The number of alkyl halides is 3. The van der Waals surface area contributed by atoms with Crippen molar-refractivity contribution in [3.63, 3.8) is 0 Å². The predicted molar refractivity (Wildman–Crippen MR) is 85.8 cm³/mol. The predicted octanol–water partition coefficient (Wildman–Crippen LogP) is 3.37. The standard InChI is InChI=1S/C12H7Cl4N5O2/c13-8-7-9(18-4-17-8)21(5-19-7)11(12(14,15)16)20-10(22)6-2-1-3-23-6/h1-5,11H,(H,20,22)/t11-/m1/s1. The maximum atomic E-state index is 12.2. The van der Waals surface area contributed by atoms with Crippen molar-refractivity contribution in [1.82, 2.24) is 24.8 Å². The first kappa shape index (κ1) is 16.3. The molecule has 3 aromatic heterocycles. The van der Waals surface area contributed by atoms with Gasteiger partial charge in [-0.2, -0.15) is 0 Å². The number of hydrogen-bond acceptors (Lipinski definition) is 5. The molecule has 0 aliphatic carbocycles. The molecule has 23 heavy (non-hydrogen) atoms. The SMILES string of the molecule is O=C(N[C@H](n1cnc2c(Cl)ncnc21)C(Cl)(Cl)Cl)c1ccco1. The fourth-order valence-electron chi connectivity index (χ4n) is 1.92. The Morgan fingerprint density at radius 3 is 2.74 bits per heavy atom. The van der Waals surface area contributed by atoms with E-state index in [0.717, 1.165) is 0 Å². The summed E-state index contributed by atoms with van der Waals surface area (Å²) in [5.41, 5.74) is 0.627. The number of furan rings is 1. The topological polar surface area (TPSA) is 85.8 Å². The van der Waals surface area contributed by atoms with Gasteiger partial charge in [-0.25, -0.2) is 15.0 Å². The summed E-state index contributed by atoms with van der Waals surface area (Å²) < 4.78 is 4.52. The van der Waals surface area contributed by atoms with Crippen molar-refractivity contribution in [2.75, 3.05) is 0 Å². The number of rotatable bonds is 3. The van der Waals surface area contributed by atoms with E-state index in [1.54, 1.807) is 6.07 Å². The van der Waals surface area contributed by atoms with Crippen molar-refractivity contribution in [3.8, 4) is 0 Å². The molecular weight excluding hydrogens is 388 g/mol. The van der Waals surface area contributed by atoms with Gasteiger partial charge in [0.25, 0.3) is 5.91 Å². The van der Waals surface area contributed by atoms with Crippen LogP contribution in [-0.4, -0.2) is 29.2 Å². The van der Waals surface area contributed by atoms with Crippen LogP contribution in [0.1, 0.15) is 16.7 Å². The highest BCUT2D eigenvalue weighted by Crippen LogP contribution is 2.38. The molecule has 0 saturated heterocycles. The van der Waals surface area contributed by atoms with Gasteiger partial charge in [0.2, 0.25) is 3.79 Å². The molecule has 0 bridgehead atoms. The first-order valence-corrected chi connectivity index (χ1v) is 7.63. The molecule has 1 atom stereocenters. The van der Waals surface area contributed by atoms with Gasteiger partial charge in [0.05, 0.1) is 12.6 Å². The number of carbonyl (C=O) groups excluding carboxylic acids is 1. The van der Waals surface area contributed by atoms with E-state index >= 15 is 0 Å². The largest absolute Gasteiger partial charge is 0.459 e. The van der Waals surface area contributed by atoms with Gasteiger partial charge in [0.15, 0.2) is 22.7 Å². The highest BCUT2D eigenvalue weighted by molar-refractivity contribution is 6.68. The third-order valence-electron chi connectivity index (χ3n) is 2.92. The molecule has 0 spiro atoms. The van der Waals surface area contributed by atoms with Crippen molar-refractivity contribution in [2.45, 2.75) is 9.96 Å². The van der Waals surface area contributed by atoms with Gasteiger partial charge in [0.1, 0.15) is 11.8 Å². The van der Waals surface area contributed by atoms with Crippen molar-refractivity contribution < 1.29 is 9.21 Å². The number of hydrogen-bond donors (Lipinski definition) is 1. The van der Waals surface area contributed by atoms with Crippen LogP contribution in [0.4, 0.5) is 0 Å². The van der Waals surface area contributed by atoms with Gasteiger partial charge in [0, 0.05) is 0 Å². The van der Waals surface area contributed by atoms with Crippen molar-refractivity contribution >= 4 is 63.5 Å². The lowest BCUT2D eigenvalue weighted by Gasteiger charge is -2.26. The van der Waals surface area contributed by atoms with E-state index in [9.17, 15) is 4.79 Å². The molecule has 3 aromatic rings. The van der Waals surface area contributed by atoms with Crippen LogP contribution in [0.2, 0.25) is 5.15 Å². The molecule has 0 aliphatic heterocycles. The first-order chi connectivity index (χ1) is 10.9. The third-order valence-corrected chi connectivity index (χ3v) is 3.81. The van der Waals surface area contributed by atoms with E-state index in [0.29, 0.717) is 11.2 Å². The third kappa shape index (κ3) is 3.23. The maximum absolute atomic E-state index is 12.2. The lowest BCUT2D eigenvalue weighted by molar-refractivity contribution is 0.0893. The molecular formula is C12H7Cl4N5O2. The average molecular weight is 395 g/mol. The molecule has 120 valence electrons. The summed E-state index contributed by atoms with van der Waals surface area (Å²) in [6, 6.07) is 3.05. The number of carbonyl (C=O) groups is 1.